The van der Waals surface area contributed by atoms with Crippen LogP contribution in [0.25, 0.3) is 0 Å². The molecule has 1 fully saturated rings. The van der Waals surface area contributed by atoms with Gasteiger partial charge in [0.05, 0.1) is 5.71 Å². The zero-order chi connectivity index (χ0) is 9.80. The SMILES string of the molecule is CC1=CC(CN2CCCCC2)=NI=N1. The van der Waals surface area contributed by atoms with E-state index >= 15 is 0 Å². The Bertz CT molecular complexity index is 288. The number of hydrogen-bond acceptors (Lipinski definition) is 3. The summed E-state index contributed by atoms with van der Waals surface area (Å²) >= 11 is -0.277. The lowest BCUT2D eigenvalue weighted by Gasteiger charge is -2.26. The molecule has 0 radical (unpaired) electrons. The van der Waals surface area contributed by atoms with Gasteiger partial charge >= 0.3 is 0 Å². The summed E-state index contributed by atoms with van der Waals surface area (Å²) in [4.78, 5) is 2.52. The highest BCUT2D eigenvalue weighted by Gasteiger charge is 2.12. The molecule has 0 unspecified atom stereocenters. The molecule has 0 amide bonds. The molecule has 0 aliphatic carbocycles. The highest BCUT2D eigenvalue weighted by atomic mass is 127. The van der Waals surface area contributed by atoms with Gasteiger partial charge in [-0.1, -0.05) is 6.42 Å². The van der Waals surface area contributed by atoms with Crippen molar-refractivity contribution >= 4 is 27.0 Å². The van der Waals surface area contributed by atoms with Crippen LogP contribution in [0.4, 0.5) is 0 Å². The van der Waals surface area contributed by atoms with Gasteiger partial charge in [0.15, 0.2) is 0 Å². The molecule has 78 valence electrons. The maximum absolute atomic E-state index is 4.52. The Morgan fingerprint density at radius 3 is 2.86 bits per heavy atom. The van der Waals surface area contributed by atoms with E-state index in [4.69, 9.17) is 0 Å². The molecule has 0 aromatic rings. The molecular formula is C10H16IN3. The van der Waals surface area contributed by atoms with Crippen molar-refractivity contribution in [1.29, 1.82) is 0 Å². The van der Waals surface area contributed by atoms with E-state index in [0.29, 0.717) is 0 Å². The molecule has 0 bridgehead atoms. The third-order valence-electron chi connectivity index (χ3n) is 2.53. The molecular weight excluding hydrogens is 289 g/mol. The van der Waals surface area contributed by atoms with Crippen molar-refractivity contribution in [3.05, 3.63) is 11.8 Å². The van der Waals surface area contributed by atoms with Crippen LogP contribution in [-0.2, 0) is 0 Å². The molecule has 2 aliphatic heterocycles. The molecule has 2 heterocycles. The molecule has 1 saturated heterocycles. The van der Waals surface area contributed by atoms with E-state index in [-0.39, 0.29) is 21.3 Å². The summed E-state index contributed by atoms with van der Waals surface area (Å²) in [7, 11) is 0. The first-order chi connectivity index (χ1) is 6.84. The number of likely N-dealkylation sites (tertiary alicyclic amines) is 1. The zero-order valence-electron chi connectivity index (χ0n) is 8.54. The fourth-order valence-electron chi connectivity index (χ4n) is 1.84. The van der Waals surface area contributed by atoms with E-state index < -0.39 is 0 Å². The largest absolute Gasteiger partial charge is 0.297 e. The van der Waals surface area contributed by atoms with Crippen molar-refractivity contribution in [3.63, 3.8) is 0 Å². The smallest absolute Gasteiger partial charge is 0.143 e. The second-order valence-corrected chi connectivity index (χ2v) is 5.25. The molecule has 3 nitrogen and oxygen atoms in total. The van der Waals surface area contributed by atoms with Gasteiger partial charge in [0, 0.05) is 12.2 Å². The molecule has 14 heavy (non-hydrogen) atoms. The van der Waals surface area contributed by atoms with Crippen LogP contribution < -0.4 is 0 Å². The number of piperidine rings is 1. The zero-order valence-corrected chi connectivity index (χ0v) is 10.7. The lowest BCUT2D eigenvalue weighted by Crippen LogP contribution is -2.34. The number of hydrogen-bond donors (Lipinski definition) is 0. The molecule has 2 aliphatic rings. The van der Waals surface area contributed by atoms with Crippen LogP contribution in [0.2, 0.25) is 0 Å². The van der Waals surface area contributed by atoms with Gasteiger partial charge in [-0.15, -0.1) is 0 Å². The second-order valence-electron chi connectivity index (χ2n) is 3.86. The van der Waals surface area contributed by atoms with Crippen molar-refractivity contribution < 1.29 is 0 Å². The van der Waals surface area contributed by atoms with Crippen molar-refractivity contribution in [1.82, 2.24) is 4.90 Å². The van der Waals surface area contributed by atoms with Gasteiger partial charge in [-0.2, -0.15) is 0 Å². The molecule has 0 saturated carbocycles. The third-order valence-corrected chi connectivity index (χ3v) is 4.34. The van der Waals surface area contributed by atoms with Gasteiger partial charge in [0.1, 0.15) is 21.3 Å². The standard InChI is InChI=1S/C10H16IN3/c1-9-7-10(13-11-12-9)8-14-5-3-2-4-6-14/h7H,2-6,8H2,1H3. The van der Waals surface area contributed by atoms with Crippen LogP contribution in [0, 0.1) is 0 Å². The molecule has 2 rings (SSSR count). The number of rotatable bonds is 2. The van der Waals surface area contributed by atoms with E-state index in [2.05, 4.69) is 24.3 Å². The highest BCUT2D eigenvalue weighted by Crippen LogP contribution is 2.17. The van der Waals surface area contributed by atoms with E-state index in [9.17, 15) is 0 Å². The topological polar surface area (TPSA) is 28.0 Å². The average Bonchev–Trinajstić information content (AvgIpc) is 2.19. The van der Waals surface area contributed by atoms with Crippen LogP contribution in [0.1, 0.15) is 26.2 Å². The summed E-state index contributed by atoms with van der Waals surface area (Å²) in [6.07, 6.45) is 6.25. The van der Waals surface area contributed by atoms with Crippen molar-refractivity contribution in [3.8, 4) is 0 Å². The Hall–Kier alpha value is -0.100. The van der Waals surface area contributed by atoms with Gasteiger partial charge in [-0.05, 0) is 38.9 Å². The van der Waals surface area contributed by atoms with Gasteiger partial charge < -0.3 is 0 Å². The fraction of sp³-hybridized carbons (Fsp3) is 0.700. The van der Waals surface area contributed by atoms with Gasteiger partial charge in [-0.3, -0.25) is 4.90 Å². The maximum atomic E-state index is 4.52. The van der Waals surface area contributed by atoms with Crippen LogP contribution in [0.5, 0.6) is 0 Å². The summed E-state index contributed by atoms with van der Waals surface area (Å²) in [5.74, 6) is 0. The monoisotopic (exact) mass is 305 g/mol. The quantitative estimate of drug-likeness (QED) is 0.721. The van der Waals surface area contributed by atoms with Crippen LogP contribution in [-0.4, -0.2) is 30.2 Å². The predicted molar refractivity (Wildman–Crippen MR) is 67.9 cm³/mol. The van der Waals surface area contributed by atoms with Gasteiger partial charge in [-0.25, -0.2) is 6.35 Å². The maximum Gasteiger partial charge on any atom is 0.143 e. The van der Waals surface area contributed by atoms with Crippen LogP contribution in [0.15, 0.2) is 18.1 Å². The minimum Gasteiger partial charge on any atom is -0.297 e. The number of allylic oxidation sites excluding steroid dienone is 1. The van der Waals surface area contributed by atoms with Crippen molar-refractivity contribution in [2.75, 3.05) is 19.6 Å². The molecule has 0 aromatic carbocycles. The third kappa shape index (κ3) is 2.95. The Balaban J connectivity index is 1.91. The first kappa shape index (κ1) is 10.4. The second kappa shape index (κ2) is 5.11. The number of nitrogens with zero attached hydrogens (tertiary/aromatic N) is 3. The summed E-state index contributed by atoms with van der Waals surface area (Å²) in [6, 6.07) is 0. The summed E-state index contributed by atoms with van der Waals surface area (Å²) in [5, 5.41) is 0. The lowest BCUT2D eigenvalue weighted by molar-refractivity contribution is 0.259. The first-order valence-electron chi connectivity index (χ1n) is 5.16. The molecule has 0 N–H and O–H groups in total. The molecule has 4 heteroatoms. The Kier molecular flexibility index (Phi) is 3.81. The van der Waals surface area contributed by atoms with E-state index in [1.165, 1.54) is 43.8 Å². The molecule has 0 atom stereocenters. The Morgan fingerprint density at radius 1 is 1.36 bits per heavy atom. The Labute approximate surface area is 95.8 Å². The van der Waals surface area contributed by atoms with Crippen molar-refractivity contribution in [2.45, 2.75) is 26.2 Å². The van der Waals surface area contributed by atoms with E-state index in [1.54, 1.807) is 0 Å². The normalized spacial score (nSPS) is 23.8. The van der Waals surface area contributed by atoms with Gasteiger partial charge in [0.2, 0.25) is 0 Å². The Morgan fingerprint density at radius 2 is 2.14 bits per heavy atom. The van der Waals surface area contributed by atoms with Crippen molar-refractivity contribution in [2.24, 2.45) is 6.35 Å². The minimum absolute atomic E-state index is 0.277. The highest BCUT2D eigenvalue weighted by molar-refractivity contribution is 14.1. The fourth-order valence-corrected chi connectivity index (χ4v) is 2.99. The number of halogens is 1. The van der Waals surface area contributed by atoms with Crippen LogP contribution in [0.3, 0.4) is 0 Å². The van der Waals surface area contributed by atoms with E-state index in [1.807, 2.05) is 0 Å². The predicted octanol–water partition coefficient (Wildman–Crippen LogP) is 2.90. The summed E-state index contributed by atoms with van der Waals surface area (Å²) < 4.78 is 8.85. The first-order valence-corrected chi connectivity index (χ1v) is 7.09. The average molecular weight is 305 g/mol. The molecule has 0 aromatic heterocycles. The summed E-state index contributed by atoms with van der Waals surface area (Å²) in [5.41, 5.74) is 2.42. The minimum atomic E-state index is -0.277. The lowest BCUT2D eigenvalue weighted by atomic mass is 10.1. The van der Waals surface area contributed by atoms with Gasteiger partial charge in [0.25, 0.3) is 0 Å². The van der Waals surface area contributed by atoms with E-state index in [0.717, 1.165) is 6.54 Å². The molecule has 0 spiro atoms. The van der Waals surface area contributed by atoms with Crippen LogP contribution >= 0.6 is 21.3 Å². The summed E-state index contributed by atoms with van der Waals surface area (Å²) in [6.45, 7) is 5.62.